The average Bonchev–Trinajstić information content (AvgIpc) is 3.39. The van der Waals surface area contributed by atoms with E-state index in [1.54, 1.807) is 12.1 Å². The van der Waals surface area contributed by atoms with Crippen molar-refractivity contribution in [1.29, 1.82) is 0 Å². The number of fused-ring (bicyclic) bond motifs is 1. The Bertz CT molecular complexity index is 878. The fourth-order valence-corrected chi connectivity index (χ4v) is 5.99. The Hall–Kier alpha value is -2.45. The van der Waals surface area contributed by atoms with Gasteiger partial charge in [-0.2, -0.15) is 0 Å². The van der Waals surface area contributed by atoms with Crippen LogP contribution in [0.25, 0.3) is 0 Å². The first kappa shape index (κ1) is 22.7. The highest BCUT2D eigenvalue weighted by Gasteiger charge is 2.78. The van der Waals surface area contributed by atoms with Crippen molar-refractivity contribution in [3.05, 3.63) is 30.3 Å². The Morgan fingerprint density at radius 2 is 1.94 bits per heavy atom. The first-order valence-electron chi connectivity index (χ1n) is 11.7. The quantitative estimate of drug-likeness (QED) is 0.504. The van der Waals surface area contributed by atoms with Crippen molar-refractivity contribution in [2.45, 2.75) is 63.2 Å². The van der Waals surface area contributed by atoms with Crippen LogP contribution in [-0.2, 0) is 19.1 Å². The molecule has 8 heteroatoms. The molecule has 0 aliphatic carbocycles. The molecule has 5 atom stereocenters. The van der Waals surface area contributed by atoms with Crippen molar-refractivity contribution >= 4 is 23.4 Å². The van der Waals surface area contributed by atoms with Crippen LogP contribution in [0, 0.1) is 11.8 Å². The van der Waals surface area contributed by atoms with Crippen LogP contribution < -0.4 is 10.6 Å². The number of amides is 3. The maximum atomic E-state index is 13.6. The van der Waals surface area contributed by atoms with Crippen molar-refractivity contribution in [1.82, 2.24) is 10.2 Å². The van der Waals surface area contributed by atoms with Crippen LogP contribution in [0.5, 0.6) is 0 Å². The number of anilines is 1. The minimum atomic E-state index is -1.04. The zero-order valence-electron chi connectivity index (χ0n) is 18.8. The first-order chi connectivity index (χ1) is 15.4. The number of carbonyl (C=O) groups is 3. The molecule has 32 heavy (non-hydrogen) atoms. The molecule has 174 valence electrons. The van der Waals surface area contributed by atoms with Gasteiger partial charge in [-0.1, -0.05) is 38.5 Å². The molecule has 2 unspecified atom stereocenters. The third kappa shape index (κ3) is 3.40. The molecule has 4 rings (SSSR count). The van der Waals surface area contributed by atoms with E-state index in [-0.39, 0.29) is 30.9 Å². The molecule has 1 aromatic carbocycles. The minimum Gasteiger partial charge on any atom is -0.395 e. The number of likely N-dealkylation sites (tertiary alicyclic amines) is 1. The van der Waals surface area contributed by atoms with Crippen LogP contribution in [0.3, 0.4) is 0 Å². The maximum Gasteiger partial charge on any atom is 0.245 e. The fourth-order valence-electron chi connectivity index (χ4n) is 5.99. The Kier molecular flexibility index (Phi) is 6.27. The van der Waals surface area contributed by atoms with Gasteiger partial charge in [-0.3, -0.25) is 14.4 Å². The zero-order chi connectivity index (χ0) is 22.9. The van der Waals surface area contributed by atoms with E-state index in [4.69, 9.17) is 4.74 Å². The number of aliphatic hydroxyl groups is 1. The SMILES string of the molecule is CCCCNC(=O)C1N(CCO)C(=O)[C@@H]2[C@@H](C(=O)Nc3ccccc3)[C@@]3(CC)CCC12O3. The van der Waals surface area contributed by atoms with Crippen LogP contribution in [0.4, 0.5) is 5.69 Å². The minimum absolute atomic E-state index is 0.0401. The van der Waals surface area contributed by atoms with E-state index in [9.17, 15) is 19.5 Å². The van der Waals surface area contributed by atoms with Gasteiger partial charge in [0.2, 0.25) is 17.7 Å². The molecule has 0 aromatic heterocycles. The second kappa shape index (κ2) is 8.83. The lowest BCUT2D eigenvalue weighted by atomic mass is 9.65. The van der Waals surface area contributed by atoms with E-state index in [0.29, 0.717) is 31.5 Å². The molecule has 2 bridgehead atoms. The summed E-state index contributed by atoms with van der Waals surface area (Å²) < 4.78 is 6.61. The molecular formula is C24H33N3O5. The van der Waals surface area contributed by atoms with E-state index in [2.05, 4.69) is 10.6 Å². The number of aliphatic hydroxyl groups excluding tert-OH is 1. The highest BCUT2D eigenvalue weighted by molar-refractivity contribution is 6.02. The molecule has 3 fully saturated rings. The molecule has 3 aliphatic rings. The van der Waals surface area contributed by atoms with Gasteiger partial charge in [0.05, 0.1) is 24.0 Å². The summed E-state index contributed by atoms with van der Waals surface area (Å²) in [5.74, 6) is -2.23. The number of benzene rings is 1. The van der Waals surface area contributed by atoms with Gasteiger partial charge in [0.25, 0.3) is 0 Å². The van der Waals surface area contributed by atoms with Crippen molar-refractivity contribution in [3.8, 4) is 0 Å². The standard InChI is InChI=1S/C24H33N3O5/c1-3-5-13-25-21(30)19-24-12-11-23(4-2,32-24)17(18(24)22(31)27(19)14-15-28)20(29)26-16-9-7-6-8-10-16/h6-10,17-19,28H,3-5,11-15H2,1-2H3,(H,25,30)(H,26,29)/t17-,18-,19?,23+,24?/m0/s1. The Morgan fingerprint density at radius 3 is 2.59 bits per heavy atom. The largest absolute Gasteiger partial charge is 0.395 e. The second-order valence-electron chi connectivity index (χ2n) is 9.09. The monoisotopic (exact) mass is 443 g/mol. The van der Waals surface area contributed by atoms with Gasteiger partial charge in [-0.25, -0.2) is 0 Å². The van der Waals surface area contributed by atoms with E-state index in [0.717, 1.165) is 12.8 Å². The molecule has 1 spiro atoms. The summed E-state index contributed by atoms with van der Waals surface area (Å²) in [5.41, 5.74) is -1.16. The number of ether oxygens (including phenoxy) is 1. The Labute approximate surface area is 188 Å². The smallest absolute Gasteiger partial charge is 0.245 e. The van der Waals surface area contributed by atoms with Crippen LogP contribution in [-0.4, -0.2) is 64.7 Å². The summed E-state index contributed by atoms with van der Waals surface area (Å²) in [4.78, 5) is 41.8. The molecule has 8 nitrogen and oxygen atoms in total. The average molecular weight is 444 g/mol. The molecule has 0 radical (unpaired) electrons. The molecule has 3 aliphatic heterocycles. The third-order valence-electron chi connectivity index (χ3n) is 7.42. The van der Waals surface area contributed by atoms with Gasteiger partial charge in [-0.15, -0.1) is 0 Å². The molecular weight excluding hydrogens is 410 g/mol. The molecule has 3 amide bonds. The Morgan fingerprint density at radius 1 is 1.19 bits per heavy atom. The predicted molar refractivity (Wildman–Crippen MR) is 119 cm³/mol. The molecule has 3 heterocycles. The van der Waals surface area contributed by atoms with Gasteiger partial charge in [0.15, 0.2) is 0 Å². The highest BCUT2D eigenvalue weighted by Crippen LogP contribution is 2.64. The maximum absolute atomic E-state index is 13.6. The first-order valence-corrected chi connectivity index (χ1v) is 11.7. The number of para-hydroxylation sites is 1. The zero-order valence-corrected chi connectivity index (χ0v) is 18.8. The van der Waals surface area contributed by atoms with Gasteiger partial charge in [-0.05, 0) is 37.8 Å². The molecule has 3 N–H and O–H groups in total. The van der Waals surface area contributed by atoms with Crippen molar-refractivity contribution < 1.29 is 24.2 Å². The number of nitrogens with zero attached hydrogens (tertiary/aromatic N) is 1. The topological polar surface area (TPSA) is 108 Å². The number of nitrogens with one attached hydrogen (secondary N) is 2. The second-order valence-corrected chi connectivity index (χ2v) is 9.09. The summed E-state index contributed by atoms with van der Waals surface area (Å²) in [6, 6.07) is 8.31. The van der Waals surface area contributed by atoms with Crippen molar-refractivity contribution in [2.24, 2.45) is 11.8 Å². The van der Waals surface area contributed by atoms with Crippen molar-refractivity contribution in [3.63, 3.8) is 0 Å². The summed E-state index contributed by atoms with van der Waals surface area (Å²) in [6.45, 7) is 4.31. The van der Waals surface area contributed by atoms with Gasteiger partial charge < -0.3 is 25.4 Å². The number of β-amino-alcohol motifs (C(OH)–C–C–N with tert-alkyl or cyclic N) is 1. The lowest BCUT2D eigenvalue weighted by Crippen LogP contribution is -2.55. The van der Waals surface area contributed by atoms with Gasteiger partial charge in [0, 0.05) is 18.8 Å². The lowest BCUT2D eigenvalue weighted by molar-refractivity contribution is -0.146. The van der Waals surface area contributed by atoms with Gasteiger partial charge in [0.1, 0.15) is 11.6 Å². The van der Waals surface area contributed by atoms with Crippen LogP contribution in [0.15, 0.2) is 30.3 Å². The fraction of sp³-hybridized carbons (Fsp3) is 0.625. The lowest BCUT2D eigenvalue weighted by Gasteiger charge is -2.33. The van der Waals surface area contributed by atoms with Gasteiger partial charge >= 0.3 is 0 Å². The molecule has 0 saturated carbocycles. The Balaban J connectivity index is 1.69. The van der Waals surface area contributed by atoms with E-state index >= 15 is 0 Å². The van der Waals surface area contributed by atoms with E-state index in [1.165, 1.54) is 4.90 Å². The summed E-state index contributed by atoms with van der Waals surface area (Å²) in [5, 5.41) is 15.5. The van der Waals surface area contributed by atoms with Crippen LogP contribution in [0.2, 0.25) is 0 Å². The summed E-state index contributed by atoms with van der Waals surface area (Å²) in [7, 11) is 0. The summed E-state index contributed by atoms with van der Waals surface area (Å²) in [6.07, 6.45) is 3.52. The highest BCUT2D eigenvalue weighted by atomic mass is 16.5. The number of rotatable bonds is 9. The normalized spacial score (nSPS) is 32.8. The number of unbranched alkanes of at least 4 members (excludes halogenated alkanes) is 1. The molecule has 3 saturated heterocycles. The molecule has 1 aromatic rings. The summed E-state index contributed by atoms with van der Waals surface area (Å²) >= 11 is 0. The van der Waals surface area contributed by atoms with Crippen molar-refractivity contribution in [2.75, 3.05) is 25.0 Å². The number of hydrogen-bond acceptors (Lipinski definition) is 5. The van der Waals surface area contributed by atoms with E-state index in [1.807, 2.05) is 32.0 Å². The number of carbonyl (C=O) groups excluding carboxylic acids is 3. The predicted octanol–water partition coefficient (Wildman–Crippen LogP) is 1.69. The van der Waals surface area contributed by atoms with E-state index < -0.39 is 29.1 Å². The van der Waals surface area contributed by atoms with Crippen LogP contribution in [0.1, 0.15) is 46.0 Å². The van der Waals surface area contributed by atoms with Crippen LogP contribution >= 0.6 is 0 Å². The number of hydrogen-bond donors (Lipinski definition) is 3. The third-order valence-corrected chi connectivity index (χ3v) is 7.42.